The summed E-state index contributed by atoms with van der Waals surface area (Å²) in [5.74, 6) is 0.698. The van der Waals surface area contributed by atoms with Gasteiger partial charge < -0.3 is 9.47 Å². The summed E-state index contributed by atoms with van der Waals surface area (Å²) in [4.78, 5) is 25.6. The second-order valence-corrected chi connectivity index (χ2v) is 12.1. The Balaban J connectivity index is 1.82. The predicted octanol–water partition coefficient (Wildman–Crippen LogP) is 11.3. The summed E-state index contributed by atoms with van der Waals surface area (Å²) < 4.78 is 12.2. The molecule has 0 aliphatic carbocycles. The fourth-order valence-corrected chi connectivity index (χ4v) is 6.57. The first-order chi connectivity index (χ1) is 22.5. The number of ether oxygens (including phenoxy) is 2. The lowest BCUT2D eigenvalue weighted by Gasteiger charge is -2.22. The van der Waals surface area contributed by atoms with E-state index in [1.807, 2.05) is 26.0 Å². The average molecular weight is 611 g/mol. The quantitative estimate of drug-likeness (QED) is 0.0832. The Morgan fingerprint density at radius 1 is 0.478 bits per heavy atom. The molecule has 0 spiro atoms. The number of carbonyl (C=O) groups is 2. The average Bonchev–Trinajstić information content (AvgIpc) is 3.09. The Kier molecular flexibility index (Phi) is 9.35. The zero-order chi connectivity index (χ0) is 32.2. The maximum absolute atomic E-state index is 12.8. The van der Waals surface area contributed by atoms with Crippen LogP contribution in [0.1, 0.15) is 77.3 Å². The molecular weight excluding hydrogens is 568 g/mol. The molecule has 4 heteroatoms. The van der Waals surface area contributed by atoms with Crippen LogP contribution in [0.25, 0.3) is 54.2 Å². The standard InChI is InChI=1S/C42H42O4/c1-5-9-15-27-21-23-33-35(25-27)39(29-17-11-13-19-31(29)41(33)45-37(43)7-3)40-30-18-12-14-20-32(30)42(46-38(44)8-4)34-24-22-28(16-10-6-2)26-36(34)40/h11-14,17-26H,5-10,15-16H2,1-4H3. The minimum Gasteiger partial charge on any atom is -0.425 e. The van der Waals surface area contributed by atoms with Crippen molar-refractivity contribution < 1.29 is 19.1 Å². The first-order valence-electron chi connectivity index (χ1n) is 16.8. The van der Waals surface area contributed by atoms with Crippen molar-refractivity contribution >= 4 is 55.0 Å². The number of aryl methyl sites for hydroxylation is 2. The number of carbonyl (C=O) groups excluding carboxylic acids is 2. The highest BCUT2D eigenvalue weighted by molar-refractivity contribution is 6.27. The zero-order valence-electron chi connectivity index (χ0n) is 27.4. The van der Waals surface area contributed by atoms with Gasteiger partial charge in [-0.05, 0) is 69.5 Å². The summed E-state index contributed by atoms with van der Waals surface area (Å²) in [6.45, 7) is 8.07. The van der Waals surface area contributed by atoms with Crippen LogP contribution in [0.5, 0.6) is 11.5 Å². The molecule has 46 heavy (non-hydrogen) atoms. The van der Waals surface area contributed by atoms with Crippen molar-refractivity contribution in [2.45, 2.75) is 79.1 Å². The largest absolute Gasteiger partial charge is 0.425 e. The summed E-state index contributed by atoms with van der Waals surface area (Å²) >= 11 is 0. The highest BCUT2D eigenvalue weighted by Crippen LogP contribution is 2.50. The Hall–Kier alpha value is -4.70. The maximum atomic E-state index is 12.8. The van der Waals surface area contributed by atoms with Crippen molar-refractivity contribution in [1.29, 1.82) is 0 Å². The molecule has 0 N–H and O–H groups in total. The Morgan fingerprint density at radius 3 is 1.22 bits per heavy atom. The fourth-order valence-electron chi connectivity index (χ4n) is 6.57. The molecule has 0 aromatic heterocycles. The topological polar surface area (TPSA) is 52.6 Å². The number of esters is 2. The van der Waals surface area contributed by atoms with E-state index in [0.29, 0.717) is 24.3 Å². The van der Waals surface area contributed by atoms with Gasteiger partial charge in [0, 0.05) is 34.4 Å². The second kappa shape index (κ2) is 13.7. The number of fused-ring (bicyclic) bond motifs is 4. The van der Waals surface area contributed by atoms with Crippen LogP contribution >= 0.6 is 0 Å². The maximum Gasteiger partial charge on any atom is 0.310 e. The molecule has 0 aliphatic rings. The second-order valence-electron chi connectivity index (χ2n) is 12.1. The molecule has 0 saturated heterocycles. The van der Waals surface area contributed by atoms with Gasteiger partial charge in [-0.2, -0.15) is 0 Å². The van der Waals surface area contributed by atoms with E-state index >= 15 is 0 Å². The van der Waals surface area contributed by atoms with Gasteiger partial charge >= 0.3 is 11.9 Å². The van der Waals surface area contributed by atoms with E-state index in [1.165, 1.54) is 11.1 Å². The van der Waals surface area contributed by atoms with E-state index in [1.54, 1.807) is 0 Å². The van der Waals surface area contributed by atoms with Crippen LogP contribution in [-0.2, 0) is 22.4 Å². The SMILES string of the molecule is CCCCc1ccc2c(OC(=O)CC)c3ccccc3c(-c3c4ccccc4c(OC(=O)CC)c4ccc(CCCC)cc34)c2c1. The van der Waals surface area contributed by atoms with Crippen LogP contribution in [0.2, 0.25) is 0 Å². The lowest BCUT2D eigenvalue weighted by atomic mass is 9.84. The van der Waals surface area contributed by atoms with E-state index in [2.05, 4.69) is 86.6 Å². The number of hydrogen-bond acceptors (Lipinski definition) is 4. The number of rotatable bonds is 11. The molecule has 0 heterocycles. The molecule has 0 bridgehead atoms. The highest BCUT2D eigenvalue weighted by Gasteiger charge is 2.24. The smallest absolute Gasteiger partial charge is 0.310 e. The van der Waals surface area contributed by atoms with Gasteiger partial charge in [0.05, 0.1) is 0 Å². The first-order valence-corrected chi connectivity index (χ1v) is 16.8. The Bertz CT molecular complexity index is 1940. The van der Waals surface area contributed by atoms with Gasteiger partial charge in [0.1, 0.15) is 11.5 Å². The Morgan fingerprint density at radius 2 is 0.848 bits per heavy atom. The minimum atomic E-state index is -0.257. The van der Waals surface area contributed by atoms with E-state index in [0.717, 1.165) is 92.7 Å². The molecule has 0 atom stereocenters. The minimum absolute atomic E-state index is 0.257. The van der Waals surface area contributed by atoms with Crippen LogP contribution in [0.3, 0.4) is 0 Å². The third-order valence-electron chi connectivity index (χ3n) is 8.98. The van der Waals surface area contributed by atoms with Crippen molar-refractivity contribution in [2.24, 2.45) is 0 Å². The van der Waals surface area contributed by atoms with Crippen LogP contribution in [0.4, 0.5) is 0 Å². The molecule has 0 saturated carbocycles. The monoisotopic (exact) mass is 610 g/mol. The van der Waals surface area contributed by atoms with Gasteiger partial charge in [-0.3, -0.25) is 9.59 Å². The fraction of sp³-hybridized carbons (Fsp3) is 0.286. The van der Waals surface area contributed by atoms with E-state index in [4.69, 9.17) is 9.47 Å². The lowest BCUT2D eigenvalue weighted by Crippen LogP contribution is -2.08. The predicted molar refractivity (Wildman–Crippen MR) is 191 cm³/mol. The zero-order valence-corrected chi connectivity index (χ0v) is 27.4. The van der Waals surface area contributed by atoms with Gasteiger partial charge in [-0.1, -0.05) is 125 Å². The molecular formula is C42H42O4. The summed E-state index contributed by atoms with van der Waals surface area (Å²) in [6, 6.07) is 29.7. The van der Waals surface area contributed by atoms with Gasteiger partial charge in [-0.15, -0.1) is 0 Å². The van der Waals surface area contributed by atoms with Crippen molar-refractivity contribution in [3.63, 3.8) is 0 Å². The van der Waals surface area contributed by atoms with Crippen molar-refractivity contribution in [1.82, 2.24) is 0 Å². The molecule has 0 amide bonds. The van der Waals surface area contributed by atoms with Gasteiger partial charge in [-0.25, -0.2) is 0 Å². The molecule has 0 aliphatic heterocycles. The van der Waals surface area contributed by atoms with E-state index in [9.17, 15) is 9.59 Å². The van der Waals surface area contributed by atoms with Crippen LogP contribution in [-0.4, -0.2) is 11.9 Å². The van der Waals surface area contributed by atoms with Crippen molar-refractivity contribution in [2.75, 3.05) is 0 Å². The summed E-state index contributed by atoms with van der Waals surface area (Å²) in [5.41, 5.74) is 4.71. The molecule has 0 unspecified atom stereocenters. The first kappa shape index (κ1) is 31.3. The third kappa shape index (κ3) is 5.85. The van der Waals surface area contributed by atoms with Crippen LogP contribution < -0.4 is 9.47 Å². The van der Waals surface area contributed by atoms with Crippen LogP contribution in [0.15, 0.2) is 84.9 Å². The highest BCUT2D eigenvalue weighted by atomic mass is 16.5. The molecule has 234 valence electrons. The number of unbranched alkanes of at least 4 members (excludes halogenated alkanes) is 2. The Labute approximate surface area is 271 Å². The lowest BCUT2D eigenvalue weighted by molar-refractivity contribution is -0.134. The molecule has 0 radical (unpaired) electrons. The van der Waals surface area contributed by atoms with Crippen molar-refractivity contribution in [3.05, 3.63) is 96.1 Å². The summed E-state index contributed by atoms with van der Waals surface area (Å²) in [6.07, 6.45) is 6.92. The summed E-state index contributed by atoms with van der Waals surface area (Å²) in [7, 11) is 0. The molecule has 4 nitrogen and oxygen atoms in total. The molecule has 6 aromatic carbocycles. The van der Waals surface area contributed by atoms with Gasteiger partial charge in [0.25, 0.3) is 0 Å². The van der Waals surface area contributed by atoms with Gasteiger partial charge in [0.15, 0.2) is 0 Å². The molecule has 6 aromatic rings. The van der Waals surface area contributed by atoms with Crippen LogP contribution in [0, 0.1) is 0 Å². The van der Waals surface area contributed by atoms with E-state index in [-0.39, 0.29) is 11.9 Å². The summed E-state index contributed by atoms with van der Waals surface area (Å²) in [5, 5.41) is 7.76. The molecule has 0 fully saturated rings. The van der Waals surface area contributed by atoms with Gasteiger partial charge in [0.2, 0.25) is 0 Å². The molecule has 6 rings (SSSR count). The normalized spacial score (nSPS) is 11.5. The van der Waals surface area contributed by atoms with Crippen molar-refractivity contribution in [3.8, 4) is 22.6 Å². The third-order valence-corrected chi connectivity index (χ3v) is 8.98. The van der Waals surface area contributed by atoms with E-state index < -0.39 is 0 Å². The number of hydrogen-bond donors (Lipinski definition) is 0. The number of benzene rings is 6.